The average molecular weight is 391 g/mol. The first-order chi connectivity index (χ1) is 13.0. The van der Waals surface area contributed by atoms with Gasteiger partial charge in [0.2, 0.25) is 12.0 Å². The molecule has 28 heavy (non-hydrogen) atoms. The number of fused-ring (bicyclic) bond motifs is 1. The number of benzene rings is 1. The number of anilines is 1. The van der Waals surface area contributed by atoms with Crippen LogP contribution in [0.2, 0.25) is 0 Å². The minimum absolute atomic E-state index is 0.0377. The van der Waals surface area contributed by atoms with Crippen LogP contribution in [-0.2, 0) is 19.1 Å². The van der Waals surface area contributed by atoms with Crippen LogP contribution in [0.1, 0.15) is 34.6 Å². The van der Waals surface area contributed by atoms with Gasteiger partial charge in [-0.3, -0.25) is 14.9 Å². The highest BCUT2D eigenvalue weighted by Crippen LogP contribution is 2.33. The number of imide groups is 1. The van der Waals surface area contributed by atoms with Crippen LogP contribution < -0.4 is 20.3 Å². The third kappa shape index (κ3) is 5.45. The van der Waals surface area contributed by atoms with E-state index in [0.717, 1.165) is 0 Å². The number of para-hydroxylation sites is 2. The lowest BCUT2D eigenvalue weighted by molar-refractivity contribution is -0.161. The first-order valence-electron chi connectivity index (χ1n) is 8.85. The van der Waals surface area contributed by atoms with Gasteiger partial charge in [-0.25, -0.2) is 9.59 Å². The number of ether oxygens (including phenoxy) is 2. The summed E-state index contributed by atoms with van der Waals surface area (Å²) >= 11 is 0. The smallest absolute Gasteiger partial charge is 0.350 e. The van der Waals surface area contributed by atoms with Gasteiger partial charge in [-0.15, -0.1) is 0 Å². The molecule has 2 atom stereocenters. The van der Waals surface area contributed by atoms with Crippen molar-refractivity contribution in [1.29, 1.82) is 0 Å². The second-order valence-corrected chi connectivity index (χ2v) is 7.48. The topological polar surface area (TPSA) is 114 Å². The minimum Gasteiger partial charge on any atom is -0.475 e. The van der Waals surface area contributed by atoms with Gasteiger partial charge in [0.05, 0.1) is 12.2 Å². The molecule has 4 amide bonds. The first-order valence-corrected chi connectivity index (χ1v) is 8.85. The maximum atomic E-state index is 12.4. The normalized spacial score (nSPS) is 16.9. The summed E-state index contributed by atoms with van der Waals surface area (Å²) < 4.78 is 10.8. The number of carbonyl (C=O) groups excluding carboxylic acids is 4. The maximum absolute atomic E-state index is 12.4. The Morgan fingerprint density at radius 2 is 1.86 bits per heavy atom. The second kappa shape index (κ2) is 8.28. The fourth-order valence-corrected chi connectivity index (χ4v) is 2.54. The van der Waals surface area contributed by atoms with Crippen molar-refractivity contribution >= 4 is 29.5 Å². The SMILES string of the molecule is CC(=O)N1C[C@@H](C(=O)O[C@H](C)C(=O)NC(=O)NC(C)(C)C)Oc2ccccc21. The number of rotatable bonds is 3. The molecule has 1 aromatic rings. The Bertz CT molecular complexity index is 786. The van der Waals surface area contributed by atoms with Crippen molar-refractivity contribution in [2.24, 2.45) is 0 Å². The van der Waals surface area contributed by atoms with Gasteiger partial charge in [-0.2, -0.15) is 0 Å². The quantitative estimate of drug-likeness (QED) is 0.752. The molecular formula is C19H25N3O6. The monoisotopic (exact) mass is 391 g/mol. The maximum Gasteiger partial charge on any atom is 0.350 e. The number of esters is 1. The Labute approximate surface area is 163 Å². The van der Waals surface area contributed by atoms with E-state index in [9.17, 15) is 19.2 Å². The Hall–Kier alpha value is -3.10. The molecule has 2 rings (SSSR count). The number of nitrogens with zero attached hydrogens (tertiary/aromatic N) is 1. The lowest BCUT2D eigenvalue weighted by atomic mass is 10.1. The molecule has 1 aliphatic rings. The van der Waals surface area contributed by atoms with Crippen molar-refractivity contribution in [1.82, 2.24) is 10.6 Å². The van der Waals surface area contributed by atoms with E-state index in [4.69, 9.17) is 9.47 Å². The number of hydrogen-bond donors (Lipinski definition) is 2. The van der Waals surface area contributed by atoms with Crippen LogP contribution in [0.3, 0.4) is 0 Å². The van der Waals surface area contributed by atoms with Crippen molar-refractivity contribution in [3.05, 3.63) is 24.3 Å². The second-order valence-electron chi connectivity index (χ2n) is 7.48. The molecule has 2 N–H and O–H groups in total. The zero-order valence-electron chi connectivity index (χ0n) is 16.6. The number of hydrogen-bond acceptors (Lipinski definition) is 6. The van der Waals surface area contributed by atoms with Crippen molar-refractivity contribution < 1.29 is 28.7 Å². The molecule has 0 aliphatic carbocycles. The first kappa shape index (κ1) is 21.2. The molecule has 0 unspecified atom stereocenters. The Morgan fingerprint density at radius 1 is 1.21 bits per heavy atom. The molecule has 0 fully saturated rings. The van der Waals surface area contributed by atoms with Crippen LogP contribution in [0.5, 0.6) is 5.75 Å². The van der Waals surface area contributed by atoms with Crippen LogP contribution in [0.25, 0.3) is 0 Å². The Balaban J connectivity index is 1.99. The Morgan fingerprint density at radius 3 is 2.46 bits per heavy atom. The lowest BCUT2D eigenvalue weighted by Gasteiger charge is -2.33. The van der Waals surface area contributed by atoms with Crippen LogP contribution >= 0.6 is 0 Å². The summed E-state index contributed by atoms with van der Waals surface area (Å²) in [7, 11) is 0. The highest BCUT2D eigenvalue weighted by molar-refractivity contribution is 5.98. The van der Waals surface area contributed by atoms with E-state index >= 15 is 0 Å². The zero-order chi connectivity index (χ0) is 21.1. The fourth-order valence-electron chi connectivity index (χ4n) is 2.54. The number of carbonyl (C=O) groups is 4. The summed E-state index contributed by atoms with van der Waals surface area (Å²) in [5.74, 6) is -1.46. The molecule has 1 aliphatic heterocycles. The van der Waals surface area contributed by atoms with E-state index in [1.54, 1.807) is 45.0 Å². The van der Waals surface area contributed by atoms with Crippen molar-refractivity contribution in [3.63, 3.8) is 0 Å². The van der Waals surface area contributed by atoms with Crippen LogP contribution in [0, 0.1) is 0 Å². The molecule has 0 aromatic heterocycles. The van der Waals surface area contributed by atoms with Gasteiger partial charge >= 0.3 is 12.0 Å². The van der Waals surface area contributed by atoms with Gasteiger partial charge < -0.3 is 19.7 Å². The molecule has 0 saturated carbocycles. The van der Waals surface area contributed by atoms with Crippen LogP contribution in [-0.4, -0.2) is 48.1 Å². The fraction of sp³-hybridized carbons (Fsp3) is 0.474. The van der Waals surface area contributed by atoms with Gasteiger partial charge in [0, 0.05) is 12.5 Å². The summed E-state index contributed by atoms with van der Waals surface area (Å²) in [5, 5.41) is 4.69. The van der Waals surface area contributed by atoms with Crippen molar-refractivity contribution in [2.75, 3.05) is 11.4 Å². The van der Waals surface area contributed by atoms with E-state index in [2.05, 4.69) is 10.6 Å². The summed E-state index contributed by atoms with van der Waals surface area (Å²) in [4.78, 5) is 49.6. The minimum atomic E-state index is -1.22. The van der Waals surface area contributed by atoms with Gasteiger partial charge in [0.15, 0.2) is 6.10 Å². The molecular weight excluding hydrogens is 366 g/mol. The van der Waals surface area contributed by atoms with Gasteiger partial charge in [-0.1, -0.05) is 12.1 Å². The number of urea groups is 1. The molecule has 0 bridgehead atoms. The van der Waals surface area contributed by atoms with E-state index < -0.39 is 35.7 Å². The molecule has 0 spiro atoms. The zero-order valence-corrected chi connectivity index (χ0v) is 16.6. The average Bonchev–Trinajstić information content (AvgIpc) is 2.58. The van der Waals surface area contributed by atoms with Crippen molar-refractivity contribution in [2.45, 2.75) is 52.4 Å². The predicted molar refractivity (Wildman–Crippen MR) is 101 cm³/mol. The van der Waals surface area contributed by atoms with E-state index in [-0.39, 0.29) is 12.5 Å². The molecule has 9 nitrogen and oxygen atoms in total. The molecule has 152 valence electrons. The highest BCUT2D eigenvalue weighted by Gasteiger charge is 2.35. The van der Waals surface area contributed by atoms with E-state index in [1.807, 2.05) is 0 Å². The summed E-state index contributed by atoms with van der Waals surface area (Å²) in [6.45, 7) is 7.98. The lowest BCUT2D eigenvalue weighted by Crippen LogP contribution is -2.52. The largest absolute Gasteiger partial charge is 0.475 e. The molecule has 1 heterocycles. The summed E-state index contributed by atoms with van der Waals surface area (Å²) in [6.07, 6.45) is -2.30. The summed E-state index contributed by atoms with van der Waals surface area (Å²) in [5.41, 5.74) is 0.0349. The summed E-state index contributed by atoms with van der Waals surface area (Å²) in [6, 6.07) is 6.13. The van der Waals surface area contributed by atoms with Gasteiger partial charge in [0.25, 0.3) is 5.91 Å². The van der Waals surface area contributed by atoms with Crippen LogP contribution in [0.15, 0.2) is 24.3 Å². The molecule has 0 radical (unpaired) electrons. The molecule has 9 heteroatoms. The molecule has 0 saturated heterocycles. The standard InChI is InChI=1S/C19H25N3O6/c1-11(16(24)20-18(26)21-19(3,4)5)27-17(25)15-10-22(12(2)23)13-8-6-7-9-14(13)28-15/h6-9,11,15H,10H2,1-5H3,(H2,20,21,24,26)/t11-,15+/m1/s1. The highest BCUT2D eigenvalue weighted by atomic mass is 16.6. The van der Waals surface area contributed by atoms with Crippen LogP contribution in [0.4, 0.5) is 10.5 Å². The third-order valence-corrected chi connectivity index (χ3v) is 3.80. The molecule has 1 aromatic carbocycles. The van der Waals surface area contributed by atoms with Gasteiger partial charge in [-0.05, 0) is 39.8 Å². The third-order valence-electron chi connectivity index (χ3n) is 3.80. The number of amides is 4. The van der Waals surface area contributed by atoms with Gasteiger partial charge in [0.1, 0.15) is 5.75 Å². The number of nitrogens with one attached hydrogen (secondary N) is 2. The van der Waals surface area contributed by atoms with E-state index in [1.165, 1.54) is 18.7 Å². The Kier molecular flexibility index (Phi) is 6.27. The van der Waals surface area contributed by atoms with Crippen molar-refractivity contribution in [3.8, 4) is 5.75 Å². The van der Waals surface area contributed by atoms with E-state index in [0.29, 0.717) is 11.4 Å². The predicted octanol–water partition coefficient (Wildman–Crippen LogP) is 1.36.